The maximum absolute atomic E-state index is 12.7. The number of nitrogens with zero attached hydrogens (tertiary/aromatic N) is 1. The van der Waals surface area contributed by atoms with E-state index in [1.54, 1.807) is 13.8 Å². The molecule has 1 unspecified atom stereocenters. The van der Waals surface area contributed by atoms with Gasteiger partial charge < -0.3 is 0 Å². The van der Waals surface area contributed by atoms with Crippen molar-refractivity contribution in [1.82, 2.24) is 4.72 Å². The molecule has 0 aliphatic heterocycles. The first-order valence-electron chi connectivity index (χ1n) is 7.46. The van der Waals surface area contributed by atoms with Crippen molar-refractivity contribution < 1.29 is 13.3 Å². The molecule has 0 aliphatic carbocycles. The summed E-state index contributed by atoms with van der Waals surface area (Å²) in [6, 6.07) is 9.17. The zero-order valence-electron chi connectivity index (χ0n) is 14.0. The van der Waals surface area contributed by atoms with Gasteiger partial charge in [-0.1, -0.05) is 29.8 Å². The van der Waals surface area contributed by atoms with Crippen molar-refractivity contribution in [3.8, 4) is 0 Å². The van der Waals surface area contributed by atoms with Crippen LogP contribution in [0.1, 0.15) is 35.2 Å². The summed E-state index contributed by atoms with van der Waals surface area (Å²) in [4.78, 5) is 10.2. The number of non-ortho nitro benzene ring substituents is 1. The molecule has 1 atom stereocenters. The number of rotatable bonds is 5. The molecule has 0 saturated carbocycles. The Morgan fingerprint density at radius 2 is 1.71 bits per heavy atom. The molecule has 128 valence electrons. The molecule has 6 nitrogen and oxygen atoms in total. The van der Waals surface area contributed by atoms with Gasteiger partial charge in [0.15, 0.2) is 0 Å². The van der Waals surface area contributed by atoms with E-state index in [1.807, 2.05) is 32.0 Å². The van der Waals surface area contributed by atoms with Crippen molar-refractivity contribution in [2.75, 3.05) is 0 Å². The van der Waals surface area contributed by atoms with Gasteiger partial charge in [0.25, 0.3) is 5.69 Å². The Kier molecular flexibility index (Phi) is 5.05. The quantitative estimate of drug-likeness (QED) is 0.661. The summed E-state index contributed by atoms with van der Waals surface area (Å²) >= 11 is 0. The van der Waals surface area contributed by atoms with Crippen LogP contribution < -0.4 is 4.72 Å². The van der Waals surface area contributed by atoms with E-state index in [0.29, 0.717) is 5.56 Å². The van der Waals surface area contributed by atoms with Gasteiger partial charge in [-0.15, -0.1) is 0 Å². The smallest absolute Gasteiger partial charge is 0.258 e. The minimum Gasteiger partial charge on any atom is -0.258 e. The molecule has 0 aromatic heterocycles. The Balaban J connectivity index is 2.37. The molecule has 0 spiro atoms. The van der Waals surface area contributed by atoms with Crippen molar-refractivity contribution in [2.45, 2.75) is 38.6 Å². The molecular formula is C17H20N2O4S. The Labute approximate surface area is 141 Å². The van der Waals surface area contributed by atoms with Gasteiger partial charge in [0.05, 0.1) is 9.82 Å². The van der Waals surface area contributed by atoms with Crippen LogP contribution in [0.25, 0.3) is 0 Å². The minimum absolute atomic E-state index is 0.0756. The topological polar surface area (TPSA) is 89.3 Å². The summed E-state index contributed by atoms with van der Waals surface area (Å²) in [7, 11) is -3.88. The fraction of sp³-hybridized carbons (Fsp3) is 0.294. The molecule has 0 aliphatic rings. The van der Waals surface area contributed by atoms with E-state index in [9.17, 15) is 18.5 Å². The van der Waals surface area contributed by atoms with Crippen LogP contribution in [0, 0.1) is 30.9 Å². The maximum Gasteiger partial charge on any atom is 0.270 e. The lowest BCUT2D eigenvalue weighted by atomic mass is 10.0. The highest BCUT2D eigenvalue weighted by molar-refractivity contribution is 7.89. The van der Waals surface area contributed by atoms with Crippen LogP contribution in [0.3, 0.4) is 0 Å². The highest BCUT2D eigenvalue weighted by atomic mass is 32.2. The molecule has 1 N–H and O–H groups in total. The number of aryl methyl sites for hydroxylation is 3. The van der Waals surface area contributed by atoms with Gasteiger partial charge in [0, 0.05) is 18.2 Å². The fourth-order valence-electron chi connectivity index (χ4n) is 2.66. The molecule has 0 saturated heterocycles. The lowest BCUT2D eigenvalue weighted by Crippen LogP contribution is -2.28. The van der Waals surface area contributed by atoms with Gasteiger partial charge >= 0.3 is 0 Å². The van der Waals surface area contributed by atoms with Gasteiger partial charge in [0.2, 0.25) is 10.0 Å². The van der Waals surface area contributed by atoms with Crippen LogP contribution in [0.4, 0.5) is 5.69 Å². The first kappa shape index (κ1) is 18.1. The molecule has 24 heavy (non-hydrogen) atoms. The first-order chi connectivity index (χ1) is 11.1. The van der Waals surface area contributed by atoms with Crippen molar-refractivity contribution in [3.05, 3.63) is 68.8 Å². The van der Waals surface area contributed by atoms with Gasteiger partial charge in [-0.2, -0.15) is 0 Å². The fourth-order valence-corrected chi connectivity index (χ4v) is 4.15. The van der Waals surface area contributed by atoms with E-state index in [4.69, 9.17) is 0 Å². The normalized spacial score (nSPS) is 12.8. The third kappa shape index (κ3) is 3.80. The second kappa shape index (κ2) is 6.70. The third-order valence-corrected chi connectivity index (χ3v) is 5.58. The lowest BCUT2D eigenvalue weighted by molar-refractivity contribution is -0.385. The van der Waals surface area contributed by atoms with E-state index in [0.717, 1.165) is 22.8 Å². The summed E-state index contributed by atoms with van der Waals surface area (Å²) in [5.74, 6) is 0. The van der Waals surface area contributed by atoms with Gasteiger partial charge in [-0.05, 0) is 44.4 Å². The van der Waals surface area contributed by atoms with Crippen molar-refractivity contribution in [1.29, 1.82) is 0 Å². The molecule has 2 aromatic carbocycles. The Hall–Kier alpha value is -2.25. The molecule has 0 heterocycles. The highest BCUT2D eigenvalue weighted by Crippen LogP contribution is 2.25. The zero-order valence-corrected chi connectivity index (χ0v) is 14.8. The van der Waals surface area contributed by atoms with Crippen LogP contribution >= 0.6 is 0 Å². The summed E-state index contributed by atoms with van der Waals surface area (Å²) in [5, 5.41) is 10.9. The minimum atomic E-state index is -3.88. The second-order valence-corrected chi connectivity index (χ2v) is 7.59. The maximum atomic E-state index is 12.7. The second-order valence-electron chi connectivity index (χ2n) is 5.91. The van der Waals surface area contributed by atoms with Crippen molar-refractivity contribution >= 4 is 15.7 Å². The molecule has 7 heteroatoms. The van der Waals surface area contributed by atoms with E-state index >= 15 is 0 Å². The van der Waals surface area contributed by atoms with E-state index in [1.165, 1.54) is 12.1 Å². The molecule has 0 fully saturated rings. The van der Waals surface area contributed by atoms with Gasteiger partial charge in [0.1, 0.15) is 0 Å². The molecule has 0 radical (unpaired) electrons. The van der Waals surface area contributed by atoms with Crippen LogP contribution in [-0.4, -0.2) is 13.3 Å². The number of nitro groups is 1. The third-order valence-electron chi connectivity index (χ3n) is 3.90. The average Bonchev–Trinajstić information content (AvgIpc) is 2.46. The summed E-state index contributed by atoms with van der Waals surface area (Å²) in [5.41, 5.74) is 3.16. The SMILES string of the molecule is Cc1ccc(C(C)NS(=O)(=O)c2cc([N+](=O)[O-])ccc2C)c(C)c1. The van der Waals surface area contributed by atoms with Gasteiger partial charge in [-0.25, -0.2) is 13.1 Å². The van der Waals surface area contributed by atoms with E-state index < -0.39 is 21.0 Å². The monoisotopic (exact) mass is 348 g/mol. The number of nitrogens with one attached hydrogen (secondary N) is 1. The number of hydrogen-bond acceptors (Lipinski definition) is 4. The Bertz CT molecular complexity index is 891. The number of benzene rings is 2. The molecule has 0 bridgehead atoms. The average molecular weight is 348 g/mol. The first-order valence-corrected chi connectivity index (χ1v) is 8.94. The lowest BCUT2D eigenvalue weighted by Gasteiger charge is -2.18. The van der Waals surface area contributed by atoms with Gasteiger partial charge in [-0.3, -0.25) is 10.1 Å². The number of sulfonamides is 1. The van der Waals surface area contributed by atoms with Crippen molar-refractivity contribution in [3.63, 3.8) is 0 Å². The van der Waals surface area contributed by atoms with Crippen LogP contribution in [0.5, 0.6) is 0 Å². The number of nitro benzene ring substituents is 1. The van der Waals surface area contributed by atoms with E-state index in [-0.39, 0.29) is 10.6 Å². The number of hydrogen-bond donors (Lipinski definition) is 1. The zero-order chi connectivity index (χ0) is 18.1. The summed E-state index contributed by atoms with van der Waals surface area (Å²) in [6.45, 7) is 7.26. The largest absolute Gasteiger partial charge is 0.270 e. The molecule has 2 rings (SSSR count). The van der Waals surface area contributed by atoms with Crippen molar-refractivity contribution in [2.24, 2.45) is 0 Å². The van der Waals surface area contributed by atoms with E-state index in [2.05, 4.69) is 4.72 Å². The van der Waals surface area contributed by atoms with Crippen LogP contribution in [0.15, 0.2) is 41.3 Å². The Morgan fingerprint density at radius 3 is 2.29 bits per heavy atom. The summed E-state index contributed by atoms with van der Waals surface area (Å²) in [6.07, 6.45) is 0. The van der Waals surface area contributed by atoms with Crippen LogP contribution in [0.2, 0.25) is 0 Å². The molecule has 2 aromatic rings. The Morgan fingerprint density at radius 1 is 1.04 bits per heavy atom. The predicted molar refractivity (Wildman–Crippen MR) is 92.5 cm³/mol. The standard InChI is InChI=1S/C17H20N2O4S/c1-11-5-8-16(13(3)9-11)14(4)18-24(22,23)17-10-15(19(20)21)7-6-12(17)2/h5-10,14,18H,1-4H3. The van der Waals surface area contributed by atoms with Crippen LogP contribution in [-0.2, 0) is 10.0 Å². The predicted octanol–water partition coefficient (Wildman–Crippen LogP) is 3.56. The molecular weight excluding hydrogens is 328 g/mol. The highest BCUT2D eigenvalue weighted by Gasteiger charge is 2.23. The molecule has 0 amide bonds. The summed E-state index contributed by atoms with van der Waals surface area (Å²) < 4.78 is 27.9.